The third-order valence-corrected chi connectivity index (χ3v) is 3.74. The molecule has 0 atom stereocenters. The number of ether oxygens (including phenoxy) is 1. The first kappa shape index (κ1) is 11.2. The third kappa shape index (κ3) is 2.09. The monoisotopic (exact) mass is 255 g/mol. The summed E-state index contributed by atoms with van der Waals surface area (Å²) in [7, 11) is 0. The van der Waals surface area contributed by atoms with Crippen LogP contribution in [0.15, 0.2) is 48.5 Å². The van der Waals surface area contributed by atoms with Crippen molar-refractivity contribution >= 4 is 21.6 Å². The molecule has 2 nitrogen and oxygen atoms in total. The van der Waals surface area contributed by atoms with Crippen LogP contribution < -0.4 is 4.74 Å². The highest BCUT2D eigenvalue weighted by molar-refractivity contribution is 7.20. The van der Waals surface area contributed by atoms with Gasteiger partial charge in [-0.2, -0.15) is 0 Å². The first-order valence-electron chi connectivity index (χ1n) is 5.98. The van der Waals surface area contributed by atoms with Gasteiger partial charge in [0.25, 0.3) is 5.19 Å². The first-order valence-corrected chi connectivity index (χ1v) is 6.80. The minimum atomic E-state index is 0.706. The van der Waals surface area contributed by atoms with Gasteiger partial charge < -0.3 is 4.74 Å². The van der Waals surface area contributed by atoms with Gasteiger partial charge in [0.15, 0.2) is 0 Å². The standard InChI is InChI=1S/C15H13NOS/c1-2-11-7-3-5-9-13(11)17-15-16-12-8-4-6-10-14(12)18-15/h3-10H,2H2,1H3. The van der Waals surface area contributed by atoms with Gasteiger partial charge in [0.1, 0.15) is 5.75 Å². The zero-order chi connectivity index (χ0) is 12.4. The fraction of sp³-hybridized carbons (Fsp3) is 0.133. The number of para-hydroxylation sites is 2. The zero-order valence-corrected chi connectivity index (χ0v) is 10.9. The average molecular weight is 255 g/mol. The molecule has 0 bridgehead atoms. The molecule has 1 heterocycles. The lowest BCUT2D eigenvalue weighted by atomic mass is 10.1. The van der Waals surface area contributed by atoms with Gasteiger partial charge in [0.05, 0.1) is 10.2 Å². The summed E-state index contributed by atoms with van der Waals surface area (Å²) in [6.07, 6.45) is 0.959. The van der Waals surface area contributed by atoms with Crippen LogP contribution >= 0.6 is 11.3 Å². The van der Waals surface area contributed by atoms with Gasteiger partial charge in [-0.3, -0.25) is 0 Å². The van der Waals surface area contributed by atoms with Gasteiger partial charge in [0.2, 0.25) is 0 Å². The lowest BCUT2D eigenvalue weighted by Gasteiger charge is -2.06. The van der Waals surface area contributed by atoms with E-state index in [-0.39, 0.29) is 0 Å². The molecule has 0 aliphatic carbocycles. The smallest absolute Gasteiger partial charge is 0.279 e. The Morgan fingerprint density at radius 2 is 1.83 bits per heavy atom. The molecule has 0 aliphatic rings. The maximum Gasteiger partial charge on any atom is 0.279 e. The van der Waals surface area contributed by atoms with E-state index in [1.165, 1.54) is 5.56 Å². The molecule has 3 aromatic rings. The molecule has 0 amide bonds. The van der Waals surface area contributed by atoms with E-state index in [1.807, 2.05) is 36.4 Å². The number of thiazole rings is 1. The quantitative estimate of drug-likeness (QED) is 0.679. The second-order valence-electron chi connectivity index (χ2n) is 4.01. The van der Waals surface area contributed by atoms with Gasteiger partial charge in [-0.15, -0.1) is 0 Å². The zero-order valence-electron chi connectivity index (χ0n) is 10.1. The van der Waals surface area contributed by atoms with Crippen molar-refractivity contribution in [2.24, 2.45) is 0 Å². The van der Waals surface area contributed by atoms with Crippen molar-refractivity contribution in [1.29, 1.82) is 0 Å². The van der Waals surface area contributed by atoms with E-state index < -0.39 is 0 Å². The second kappa shape index (κ2) is 4.78. The summed E-state index contributed by atoms with van der Waals surface area (Å²) in [6.45, 7) is 2.13. The van der Waals surface area contributed by atoms with E-state index in [0.717, 1.165) is 22.4 Å². The number of benzene rings is 2. The summed E-state index contributed by atoms with van der Waals surface area (Å²) in [5, 5.41) is 0.706. The van der Waals surface area contributed by atoms with Crippen LogP contribution in [0.5, 0.6) is 10.9 Å². The molecule has 1 aromatic heterocycles. The van der Waals surface area contributed by atoms with Crippen LogP contribution in [0.2, 0.25) is 0 Å². The Bertz CT molecular complexity index is 642. The number of nitrogens with zero attached hydrogens (tertiary/aromatic N) is 1. The SMILES string of the molecule is CCc1ccccc1Oc1nc2ccccc2s1. The fourth-order valence-corrected chi connectivity index (χ4v) is 2.71. The van der Waals surface area contributed by atoms with Crippen LogP contribution in [0, 0.1) is 0 Å². The van der Waals surface area contributed by atoms with Crippen molar-refractivity contribution in [3.63, 3.8) is 0 Å². The van der Waals surface area contributed by atoms with E-state index in [2.05, 4.69) is 24.0 Å². The predicted octanol–water partition coefficient (Wildman–Crippen LogP) is 4.65. The van der Waals surface area contributed by atoms with Gasteiger partial charge >= 0.3 is 0 Å². The minimum absolute atomic E-state index is 0.706. The van der Waals surface area contributed by atoms with Crippen LogP contribution in [-0.2, 0) is 6.42 Å². The first-order chi connectivity index (χ1) is 8.86. The van der Waals surface area contributed by atoms with Crippen molar-refractivity contribution in [2.75, 3.05) is 0 Å². The lowest BCUT2D eigenvalue weighted by molar-refractivity contribution is 0.474. The highest BCUT2D eigenvalue weighted by Gasteiger charge is 2.07. The van der Waals surface area contributed by atoms with E-state index in [0.29, 0.717) is 5.19 Å². The Hall–Kier alpha value is -1.87. The summed E-state index contributed by atoms with van der Waals surface area (Å²) in [5.41, 5.74) is 2.20. The molecule has 3 heteroatoms. The van der Waals surface area contributed by atoms with Crippen molar-refractivity contribution in [3.05, 3.63) is 54.1 Å². The van der Waals surface area contributed by atoms with Gasteiger partial charge in [-0.25, -0.2) is 4.98 Å². The Balaban J connectivity index is 1.96. The highest BCUT2D eigenvalue weighted by atomic mass is 32.1. The molecule has 3 rings (SSSR count). The highest BCUT2D eigenvalue weighted by Crippen LogP contribution is 2.32. The number of rotatable bonds is 3. The normalized spacial score (nSPS) is 10.7. The molecule has 0 spiro atoms. The van der Waals surface area contributed by atoms with Crippen molar-refractivity contribution in [2.45, 2.75) is 13.3 Å². The Labute approximate surface area is 110 Å². The molecular weight excluding hydrogens is 242 g/mol. The second-order valence-corrected chi connectivity index (χ2v) is 5.00. The van der Waals surface area contributed by atoms with E-state index in [9.17, 15) is 0 Å². The van der Waals surface area contributed by atoms with E-state index >= 15 is 0 Å². The van der Waals surface area contributed by atoms with Crippen LogP contribution in [-0.4, -0.2) is 4.98 Å². The molecule has 0 saturated heterocycles. The van der Waals surface area contributed by atoms with Crippen molar-refractivity contribution in [3.8, 4) is 10.9 Å². The predicted molar refractivity (Wildman–Crippen MR) is 75.5 cm³/mol. The van der Waals surface area contributed by atoms with Gasteiger partial charge in [0, 0.05) is 0 Å². The Morgan fingerprint density at radius 3 is 2.67 bits per heavy atom. The summed E-state index contributed by atoms with van der Waals surface area (Å²) < 4.78 is 7.05. The largest absolute Gasteiger partial charge is 0.431 e. The van der Waals surface area contributed by atoms with Crippen molar-refractivity contribution in [1.82, 2.24) is 4.98 Å². The Kier molecular flexibility index (Phi) is 2.99. The average Bonchev–Trinajstić information content (AvgIpc) is 2.81. The number of aryl methyl sites for hydroxylation is 1. The lowest BCUT2D eigenvalue weighted by Crippen LogP contribution is -1.89. The molecule has 2 aromatic carbocycles. The molecular formula is C15H13NOS. The molecule has 0 N–H and O–H groups in total. The minimum Gasteiger partial charge on any atom is -0.431 e. The maximum absolute atomic E-state index is 5.89. The summed E-state index contributed by atoms with van der Waals surface area (Å²) in [6, 6.07) is 16.2. The molecule has 0 saturated carbocycles. The summed E-state index contributed by atoms with van der Waals surface area (Å²) in [5.74, 6) is 0.902. The molecule has 90 valence electrons. The molecule has 0 aliphatic heterocycles. The number of hydrogen-bond donors (Lipinski definition) is 0. The van der Waals surface area contributed by atoms with Crippen LogP contribution in [0.1, 0.15) is 12.5 Å². The summed E-state index contributed by atoms with van der Waals surface area (Å²) >= 11 is 1.58. The topological polar surface area (TPSA) is 22.1 Å². The van der Waals surface area contributed by atoms with E-state index in [1.54, 1.807) is 11.3 Å². The molecule has 0 fully saturated rings. The maximum atomic E-state index is 5.89. The number of fused-ring (bicyclic) bond motifs is 1. The fourth-order valence-electron chi connectivity index (χ4n) is 1.88. The van der Waals surface area contributed by atoms with Crippen LogP contribution in [0.3, 0.4) is 0 Å². The van der Waals surface area contributed by atoms with Crippen LogP contribution in [0.4, 0.5) is 0 Å². The Morgan fingerprint density at radius 1 is 1.06 bits per heavy atom. The summed E-state index contributed by atoms with van der Waals surface area (Å²) in [4.78, 5) is 4.48. The molecule has 0 radical (unpaired) electrons. The number of aromatic nitrogens is 1. The molecule has 0 unspecified atom stereocenters. The number of hydrogen-bond acceptors (Lipinski definition) is 3. The van der Waals surface area contributed by atoms with Gasteiger partial charge in [-0.05, 0) is 30.2 Å². The third-order valence-electron chi connectivity index (χ3n) is 2.83. The van der Waals surface area contributed by atoms with E-state index in [4.69, 9.17) is 4.74 Å². The van der Waals surface area contributed by atoms with Gasteiger partial charge in [-0.1, -0.05) is 48.6 Å². The van der Waals surface area contributed by atoms with Crippen LogP contribution in [0.25, 0.3) is 10.2 Å². The molecule has 18 heavy (non-hydrogen) atoms. The van der Waals surface area contributed by atoms with Crippen molar-refractivity contribution < 1.29 is 4.74 Å².